The minimum absolute atomic E-state index is 0.00731. The number of rotatable bonds is 9. The van der Waals surface area contributed by atoms with Gasteiger partial charge in [0.25, 0.3) is 0 Å². The maximum Gasteiger partial charge on any atom is 0.305 e. The zero-order valence-corrected chi connectivity index (χ0v) is 22.9. The van der Waals surface area contributed by atoms with Gasteiger partial charge in [0.05, 0.1) is 13.5 Å². The minimum Gasteiger partial charge on any atom is -0.497 e. The molecule has 6 heteroatoms. The second-order valence-electron chi connectivity index (χ2n) is 11.1. The summed E-state index contributed by atoms with van der Waals surface area (Å²) >= 11 is 0. The lowest BCUT2D eigenvalue weighted by Crippen LogP contribution is -2.31. The number of allylic oxidation sites excluding steroid dienone is 2. The molecule has 1 saturated heterocycles. The first-order valence-electron chi connectivity index (χ1n) is 13.6. The van der Waals surface area contributed by atoms with Crippen LogP contribution in [0, 0.1) is 11.2 Å². The number of aliphatic carboxylic acids is 1. The maximum absolute atomic E-state index is 15.0. The number of hydrogen-bond donors (Lipinski definition) is 1. The van der Waals surface area contributed by atoms with Gasteiger partial charge in [0.15, 0.2) is 0 Å². The fourth-order valence-electron chi connectivity index (χ4n) is 5.95. The summed E-state index contributed by atoms with van der Waals surface area (Å²) in [5, 5.41) is 9.29. The predicted molar refractivity (Wildman–Crippen MR) is 153 cm³/mol. The van der Waals surface area contributed by atoms with Crippen LogP contribution in [0.15, 0.2) is 66.7 Å². The number of benzene rings is 3. The molecule has 0 radical (unpaired) electrons. The van der Waals surface area contributed by atoms with Crippen LogP contribution in [-0.4, -0.2) is 30.8 Å². The number of carbonyl (C=O) groups is 1. The topological polar surface area (TPSA) is 59.0 Å². The average molecular weight is 530 g/mol. The van der Waals surface area contributed by atoms with Crippen molar-refractivity contribution in [1.29, 1.82) is 0 Å². The van der Waals surface area contributed by atoms with Crippen molar-refractivity contribution in [2.45, 2.75) is 58.6 Å². The molecule has 3 aromatic carbocycles. The first-order chi connectivity index (χ1) is 18.7. The van der Waals surface area contributed by atoms with E-state index < -0.39 is 5.97 Å². The van der Waals surface area contributed by atoms with Crippen molar-refractivity contribution < 1.29 is 23.8 Å². The Balaban J connectivity index is 1.42. The van der Waals surface area contributed by atoms with Gasteiger partial charge in [-0.15, -0.1) is 0 Å². The summed E-state index contributed by atoms with van der Waals surface area (Å²) in [5.74, 6) is 0.302. The maximum atomic E-state index is 15.0. The van der Waals surface area contributed by atoms with E-state index in [2.05, 4.69) is 30.9 Å². The normalized spacial score (nSPS) is 18.2. The summed E-state index contributed by atoms with van der Waals surface area (Å²) in [6.07, 6.45) is 6.32. The molecule has 1 aliphatic carbocycles. The van der Waals surface area contributed by atoms with E-state index in [1.54, 1.807) is 19.2 Å². The van der Waals surface area contributed by atoms with Crippen molar-refractivity contribution in [1.82, 2.24) is 0 Å². The highest BCUT2D eigenvalue weighted by Crippen LogP contribution is 2.47. The van der Waals surface area contributed by atoms with Gasteiger partial charge in [-0.05, 0) is 89.8 Å². The van der Waals surface area contributed by atoms with E-state index in [4.69, 9.17) is 9.47 Å². The molecular formula is C33H36FNO4. The van der Waals surface area contributed by atoms with E-state index in [9.17, 15) is 9.90 Å². The van der Waals surface area contributed by atoms with Crippen LogP contribution >= 0.6 is 0 Å². The highest BCUT2D eigenvalue weighted by atomic mass is 19.1. The highest BCUT2D eigenvalue weighted by Gasteiger charge is 2.31. The van der Waals surface area contributed by atoms with Crippen molar-refractivity contribution in [2.24, 2.45) is 5.41 Å². The summed E-state index contributed by atoms with van der Waals surface area (Å²) < 4.78 is 26.7. The monoisotopic (exact) mass is 529 g/mol. The van der Waals surface area contributed by atoms with Crippen molar-refractivity contribution >= 4 is 17.2 Å². The lowest BCUT2D eigenvalue weighted by atomic mass is 9.79. The van der Waals surface area contributed by atoms with Crippen molar-refractivity contribution in [3.63, 3.8) is 0 Å². The summed E-state index contributed by atoms with van der Waals surface area (Å²) in [7, 11) is 1.59. The van der Waals surface area contributed by atoms with E-state index in [-0.39, 0.29) is 23.7 Å². The molecule has 39 heavy (non-hydrogen) atoms. The van der Waals surface area contributed by atoms with Crippen LogP contribution in [0.4, 0.5) is 10.1 Å². The minimum atomic E-state index is -0.770. The molecular weight excluding hydrogens is 493 g/mol. The molecule has 0 aromatic heterocycles. The number of nitrogens with zero attached hydrogens (tertiary/aromatic N) is 1. The number of anilines is 1. The van der Waals surface area contributed by atoms with Crippen LogP contribution in [0.2, 0.25) is 0 Å². The number of carboxylic acid groups (broad SMARTS) is 1. The van der Waals surface area contributed by atoms with E-state index in [0.717, 1.165) is 60.4 Å². The fourth-order valence-corrected chi connectivity index (χ4v) is 5.95. The van der Waals surface area contributed by atoms with Crippen molar-refractivity contribution in [3.05, 3.63) is 83.7 Å². The van der Waals surface area contributed by atoms with Crippen molar-refractivity contribution in [2.75, 3.05) is 18.6 Å². The largest absolute Gasteiger partial charge is 0.497 e. The molecule has 1 fully saturated rings. The van der Waals surface area contributed by atoms with Gasteiger partial charge in [-0.3, -0.25) is 4.79 Å². The Labute approximate surface area is 229 Å². The Morgan fingerprint density at radius 3 is 2.64 bits per heavy atom. The molecule has 1 aliphatic heterocycles. The van der Waals surface area contributed by atoms with E-state index in [0.29, 0.717) is 17.9 Å². The Morgan fingerprint density at radius 2 is 1.90 bits per heavy atom. The third-order valence-corrected chi connectivity index (χ3v) is 8.03. The number of ether oxygens (including phenoxy) is 2. The van der Waals surface area contributed by atoms with Gasteiger partial charge in [-0.2, -0.15) is 0 Å². The second kappa shape index (κ2) is 11.1. The smallest absolute Gasteiger partial charge is 0.305 e. The molecule has 1 atom stereocenters. The standard InChI is InChI=1S/C33H36FNO4/c1-33(2)15-5-10-30(33)28-17-22(11-13-27(28)29-20-25(38-3)12-14-31(29)34)21-39-26-9-4-7-23(18-26)35-16-6-8-24(35)19-32(36)37/h4,7,9-14,17-18,20,24H,5-6,8,15-16,19,21H2,1-3H3,(H,36,37). The zero-order valence-electron chi connectivity index (χ0n) is 22.9. The summed E-state index contributed by atoms with van der Waals surface area (Å²) in [5.41, 5.74) is 5.58. The number of methoxy groups -OCH3 is 1. The van der Waals surface area contributed by atoms with Gasteiger partial charge >= 0.3 is 5.97 Å². The SMILES string of the molecule is COc1ccc(F)c(-c2ccc(COc3cccc(N4CCCC4CC(=O)O)c3)cc2C2=CCCC2(C)C)c1. The van der Waals surface area contributed by atoms with E-state index in [1.165, 1.54) is 11.6 Å². The third-order valence-electron chi connectivity index (χ3n) is 8.03. The van der Waals surface area contributed by atoms with Crippen LogP contribution in [0.1, 0.15) is 57.1 Å². The van der Waals surface area contributed by atoms with Crippen LogP contribution in [0.5, 0.6) is 11.5 Å². The predicted octanol–water partition coefficient (Wildman–Crippen LogP) is 7.73. The summed E-state index contributed by atoms with van der Waals surface area (Å²) in [4.78, 5) is 13.5. The molecule has 0 spiro atoms. The van der Waals surface area contributed by atoms with Gasteiger partial charge in [0.2, 0.25) is 0 Å². The molecule has 5 rings (SSSR count). The Kier molecular flexibility index (Phi) is 7.65. The lowest BCUT2D eigenvalue weighted by molar-refractivity contribution is -0.137. The van der Waals surface area contributed by atoms with Gasteiger partial charge in [0, 0.05) is 29.9 Å². The van der Waals surface area contributed by atoms with Crippen LogP contribution in [-0.2, 0) is 11.4 Å². The molecule has 0 amide bonds. The van der Waals surface area contributed by atoms with Gasteiger partial charge < -0.3 is 19.5 Å². The quantitative estimate of drug-likeness (QED) is 0.307. The molecule has 1 N–H and O–H groups in total. The summed E-state index contributed by atoms with van der Waals surface area (Å²) in [6, 6.07) is 18.8. The van der Waals surface area contributed by atoms with E-state index >= 15 is 4.39 Å². The molecule has 2 aliphatic rings. The van der Waals surface area contributed by atoms with Crippen LogP contribution < -0.4 is 14.4 Å². The fraction of sp³-hybridized carbons (Fsp3) is 0.364. The van der Waals surface area contributed by atoms with Crippen LogP contribution in [0.3, 0.4) is 0 Å². The third kappa shape index (κ3) is 5.80. The molecule has 204 valence electrons. The average Bonchev–Trinajstić information content (AvgIpc) is 3.52. The van der Waals surface area contributed by atoms with E-state index in [1.807, 2.05) is 36.4 Å². The van der Waals surface area contributed by atoms with Crippen molar-refractivity contribution in [3.8, 4) is 22.6 Å². The molecule has 1 heterocycles. The Morgan fingerprint density at radius 1 is 1.05 bits per heavy atom. The second-order valence-corrected chi connectivity index (χ2v) is 11.1. The zero-order chi connectivity index (χ0) is 27.6. The number of hydrogen-bond acceptors (Lipinski definition) is 4. The first-order valence-corrected chi connectivity index (χ1v) is 13.6. The Hall–Kier alpha value is -3.80. The molecule has 0 bridgehead atoms. The van der Waals surface area contributed by atoms with Gasteiger partial charge in [0.1, 0.15) is 23.9 Å². The lowest BCUT2D eigenvalue weighted by Gasteiger charge is -2.26. The number of halogens is 1. The molecule has 3 aromatic rings. The summed E-state index contributed by atoms with van der Waals surface area (Å²) in [6.45, 7) is 5.69. The van der Waals surface area contributed by atoms with Crippen LogP contribution in [0.25, 0.3) is 16.7 Å². The first kappa shape index (κ1) is 26.8. The Bertz CT molecular complexity index is 1400. The number of carboxylic acids is 1. The van der Waals surface area contributed by atoms with Gasteiger partial charge in [-0.1, -0.05) is 38.1 Å². The highest BCUT2D eigenvalue weighted by molar-refractivity contribution is 5.85. The molecule has 5 nitrogen and oxygen atoms in total. The molecule has 1 unspecified atom stereocenters. The molecule has 0 saturated carbocycles. The van der Waals surface area contributed by atoms with Gasteiger partial charge in [-0.25, -0.2) is 4.39 Å².